The van der Waals surface area contributed by atoms with E-state index in [-0.39, 0.29) is 6.04 Å². The van der Waals surface area contributed by atoms with Gasteiger partial charge in [-0.15, -0.1) is 0 Å². The first kappa shape index (κ1) is 21.8. The number of aromatic amines is 1. The van der Waals surface area contributed by atoms with Crippen LogP contribution in [0.2, 0.25) is 5.02 Å². The third-order valence-electron chi connectivity index (χ3n) is 6.18. The van der Waals surface area contributed by atoms with Crippen molar-refractivity contribution in [3.63, 3.8) is 0 Å². The summed E-state index contributed by atoms with van der Waals surface area (Å²) in [5.41, 5.74) is 4.53. The molecule has 0 bridgehead atoms. The fraction of sp³-hybridized carbons (Fsp3) is 0.391. The summed E-state index contributed by atoms with van der Waals surface area (Å²) in [7, 11) is 1.75. The predicted molar refractivity (Wildman–Crippen MR) is 131 cm³/mol. The van der Waals surface area contributed by atoms with Gasteiger partial charge in [-0.1, -0.05) is 11.6 Å². The Morgan fingerprint density at radius 3 is 2.82 bits per heavy atom. The van der Waals surface area contributed by atoms with Gasteiger partial charge < -0.3 is 19.9 Å². The number of imidazole rings is 1. The Morgan fingerprint density at radius 2 is 2.00 bits per heavy atom. The van der Waals surface area contributed by atoms with Crippen LogP contribution >= 0.6 is 11.6 Å². The molecule has 0 saturated carbocycles. The molecule has 0 radical (unpaired) electrons. The van der Waals surface area contributed by atoms with E-state index >= 15 is 0 Å². The summed E-state index contributed by atoms with van der Waals surface area (Å²) in [4.78, 5) is 25.7. The van der Waals surface area contributed by atoms with Gasteiger partial charge in [0.25, 0.3) is 0 Å². The van der Waals surface area contributed by atoms with Crippen molar-refractivity contribution in [3.05, 3.63) is 47.6 Å². The van der Waals surface area contributed by atoms with Gasteiger partial charge >= 0.3 is 0 Å². The van der Waals surface area contributed by atoms with Crippen LogP contribution in [-0.4, -0.2) is 76.3 Å². The van der Waals surface area contributed by atoms with E-state index in [2.05, 4.69) is 48.0 Å². The van der Waals surface area contributed by atoms with E-state index in [1.165, 1.54) is 6.33 Å². The van der Waals surface area contributed by atoms with Gasteiger partial charge in [0, 0.05) is 57.0 Å². The monoisotopic (exact) mass is 466 g/mol. The molecule has 1 unspecified atom stereocenters. The highest BCUT2D eigenvalue weighted by Crippen LogP contribution is 2.39. The lowest BCUT2D eigenvalue weighted by atomic mass is 10.0. The minimum Gasteiger partial charge on any atom is -0.383 e. The number of anilines is 2. The van der Waals surface area contributed by atoms with Crippen molar-refractivity contribution in [2.45, 2.75) is 13.0 Å². The molecule has 4 heterocycles. The van der Waals surface area contributed by atoms with Crippen molar-refractivity contribution in [2.24, 2.45) is 0 Å². The summed E-state index contributed by atoms with van der Waals surface area (Å²) in [6.07, 6.45) is 4.99. The Kier molecular flexibility index (Phi) is 6.26. The van der Waals surface area contributed by atoms with Gasteiger partial charge in [0.05, 0.1) is 35.2 Å². The minimum absolute atomic E-state index is 0.0785. The van der Waals surface area contributed by atoms with Gasteiger partial charge in [0.15, 0.2) is 11.5 Å². The third kappa shape index (κ3) is 4.31. The van der Waals surface area contributed by atoms with Crippen LogP contribution in [0.15, 0.2) is 37.1 Å². The maximum atomic E-state index is 6.73. The van der Waals surface area contributed by atoms with Gasteiger partial charge in [0.1, 0.15) is 11.8 Å². The van der Waals surface area contributed by atoms with E-state index in [0.29, 0.717) is 22.0 Å². The molecule has 10 heteroatoms. The first-order valence-corrected chi connectivity index (χ1v) is 11.5. The number of ether oxygens (including phenoxy) is 1. The van der Waals surface area contributed by atoms with Crippen LogP contribution in [0.25, 0.3) is 22.1 Å². The number of nitrogens with one attached hydrogen (secondary N) is 2. The van der Waals surface area contributed by atoms with Crippen LogP contribution in [0.3, 0.4) is 0 Å². The van der Waals surface area contributed by atoms with Gasteiger partial charge in [-0.3, -0.25) is 9.88 Å². The molecule has 4 aromatic rings. The quantitative estimate of drug-likeness (QED) is 0.427. The molecule has 172 valence electrons. The largest absolute Gasteiger partial charge is 0.383 e. The Morgan fingerprint density at radius 1 is 1.15 bits per heavy atom. The number of H-pyrrole nitrogens is 1. The molecule has 1 aliphatic rings. The number of aromatic nitrogens is 5. The zero-order valence-electron chi connectivity index (χ0n) is 18.8. The third-order valence-corrected chi connectivity index (χ3v) is 6.49. The average molecular weight is 467 g/mol. The van der Waals surface area contributed by atoms with Crippen LogP contribution in [0.4, 0.5) is 11.5 Å². The number of hydrogen-bond acceptors (Lipinski definition) is 8. The van der Waals surface area contributed by atoms with Gasteiger partial charge in [-0.05, 0) is 25.1 Å². The molecular formula is C23H27ClN8O. The number of rotatable bonds is 7. The second-order valence-electron chi connectivity index (χ2n) is 8.21. The number of benzene rings is 1. The molecule has 0 spiro atoms. The van der Waals surface area contributed by atoms with E-state index < -0.39 is 0 Å². The van der Waals surface area contributed by atoms with Crippen LogP contribution in [0.1, 0.15) is 18.5 Å². The van der Waals surface area contributed by atoms with Gasteiger partial charge in [-0.25, -0.2) is 15.0 Å². The fourth-order valence-corrected chi connectivity index (χ4v) is 4.71. The zero-order valence-corrected chi connectivity index (χ0v) is 19.5. The smallest absolute Gasteiger partial charge is 0.162 e. The Labute approximate surface area is 197 Å². The molecule has 1 fully saturated rings. The highest BCUT2D eigenvalue weighted by Gasteiger charge is 2.25. The average Bonchev–Trinajstić information content (AvgIpc) is 3.33. The number of piperazine rings is 1. The molecule has 1 saturated heterocycles. The summed E-state index contributed by atoms with van der Waals surface area (Å²) in [6, 6.07) is 5.93. The summed E-state index contributed by atoms with van der Waals surface area (Å²) in [6.45, 7) is 7.57. The number of pyridine rings is 1. The molecule has 1 aliphatic heterocycles. The first-order valence-electron chi connectivity index (χ1n) is 11.1. The molecule has 1 atom stereocenters. The van der Waals surface area contributed by atoms with E-state index in [1.54, 1.807) is 13.4 Å². The van der Waals surface area contributed by atoms with E-state index in [4.69, 9.17) is 21.3 Å². The molecule has 3 aromatic heterocycles. The minimum atomic E-state index is -0.0785. The predicted octanol–water partition coefficient (Wildman–Crippen LogP) is 3.50. The lowest BCUT2D eigenvalue weighted by Gasteiger charge is -2.38. The van der Waals surface area contributed by atoms with Crippen LogP contribution in [-0.2, 0) is 4.74 Å². The van der Waals surface area contributed by atoms with Crippen LogP contribution in [0.5, 0.6) is 0 Å². The number of hydrogen-bond donors (Lipinski definition) is 2. The number of fused-ring (bicyclic) bond motifs is 2. The SMILES string of the molecule is COCCN1CCN(c2c(C(C)Nc3ncnc4[nH]cnc34)cc(Cl)c3cccnc23)CC1. The molecule has 33 heavy (non-hydrogen) atoms. The summed E-state index contributed by atoms with van der Waals surface area (Å²) >= 11 is 6.73. The first-order chi connectivity index (χ1) is 16.2. The standard InChI is InChI=1S/C23H27ClN8O/c1-15(30-23-20-22(27-13-26-20)28-14-29-23)17-12-18(24)16-4-3-5-25-19(16)21(17)32-8-6-31(7-9-32)10-11-33-2/h3-5,12-15H,6-11H2,1-2H3,(H2,26,27,28,29,30). The van der Waals surface area contributed by atoms with Gasteiger partial charge in [0.2, 0.25) is 0 Å². The van der Waals surface area contributed by atoms with E-state index in [9.17, 15) is 0 Å². The number of nitrogens with zero attached hydrogens (tertiary/aromatic N) is 6. The summed E-state index contributed by atoms with van der Waals surface area (Å²) in [5, 5.41) is 5.17. The summed E-state index contributed by atoms with van der Waals surface area (Å²) < 4.78 is 5.25. The van der Waals surface area contributed by atoms with E-state index in [0.717, 1.165) is 61.5 Å². The van der Waals surface area contributed by atoms with Crippen molar-refractivity contribution in [3.8, 4) is 0 Å². The van der Waals surface area contributed by atoms with Crippen molar-refractivity contribution >= 4 is 45.2 Å². The fourth-order valence-electron chi connectivity index (χ4n) is 4.44. The normalized spacial score (nSPS) is 15.9. The molecule has 0 aliphatic carbocycles. The van der Waals surface area contributed by atoms with Crippen molar-refractivity contribution in [1.82, 2.24) is 29.8 Å². The van der Waals surface area contributed by atoms with Crippen molar-refractivity contribution in [2.75, 3.05) is 56.7 Å². The molecule has 2 N–H and O–H groups in total. The Hall–Kier alpha value is -3.01. The van der Waals surface area contributed by atoms with Crippen LogP contribution in [0, 0.1) is 0 Å². The highest BCUT2D eigenvalue weighted by molar-refractivity contribution is 6.36. The van der Waals surface area contributed by atoms with E-state index in [1.807, 2.05) is 18.3 Å². The molecule has 0 amide bonds. The number of halogens is 1. The topological polar surface area (TPSA) is 95.1 Å². The second kappa shape index (κ2) is 9.46. The lowest BCUT2D eigenvalue weighted by Crippen LogP contribution is -2.47. The van der Waals surface area contributed by atoms with Gasteiger partial charge in [-0.2, -0.15) is 0 Å². The Balaban J connectivity index is 1.51. The van der Waals surface area contributed by atoms with Crippen molar-refractivity contribution in [1.29, 1.82) is 0 Å². The molecular weight excluding hydrogens is 440 g/mol. The van der Waals surface area contributed by atoms with Crippen LogP contribution < -0.4 is 10.2 Å². The Bertz CT molecular complexity index is 1250. The molecule has 1 aromatic carbocycles. The second-order valence-corrected chi connectivity index (χ2v) is 8.61. The highest BCUT2D eigenvalue weighted by atomic mass is 35.5. The van der Waals surface area contributed by atoms with Crippen molar-refractivity contribution < 1.29 is 4.74 Å². The molecule has 9 nitrogen and oxygen atoms in total. The maximum Gasteiger partial charge on any atom is 0.162 e. The lowest BCUT2D eigenvalue weighted by molar-refractivity contribution is 0.144. The maximum absolute atomic E-state index is 6.73. The number of methoxy groups -OCH3 is 1. The zero-order chi connectivity index (χ0) is 22.8. The summed E-state index contributed by atoms with van der Waals surface area (Å²) in [5.74, 6) is 0.682. The molecule has 5 rings (SSSR count).